The quantitative estimate of drug-likeness (QED) is 0.646. The first-order valence-corrected chi connectivity index (χ1v) is 10.5. The van der Waals surface area contributed by atoms with Crippen molar-refractivity contribution in [3.05, 3.63) is 87.2 Å². The highest BCUT2D eigenvalue weighted by atomic mass is 35.5. The second-order valence-corrected chi connectivity index (χ2v) is 8.72. The van der Waals surface area contributed by atoms with E-state index in [1.54, 1.807) is 36.4 Å². The normalized spacial score (nSPS) is 11.2. The Hall–Kier alpha value is -2.97. The number of rotatable bonds is 6. The Kier molecular flexibility index (Phi) is 6.14. The third-order valence-electron chi connectivity index (χ3n) is 4.15. The van der Waals surface area contributed by atoms with Gasteiger partial charge in [-0.05, 0) is 42.8 Å². The van der Waals surface area contributed by atoms with Crippen LogP contribution in [0.5, 0.6) is 0 Å². The molecular weight excluding hydrogens is 414 g/mol. The third-order valence-corrected chi connectivity index (χ3v) is 6.06. The van der Waals surface area contributed by atoms with E-state index in [2.05, 4.69) is 10.4 Å². The molecule has 1 N–H and O–H groups in total. The number of nitrogens with zero attached hydrogens (tertiary/aromatic N) is 2. The van der Waals surface area contributed by atoms with Crippen molar-refractivity contribution < 1.29 is 13.2 Å². The number of amides is 1. The second kappa shape index (κ2) is 8.59. The van der Waals surface area contributed by atoms with E-state index < -0.39 is 27.8 Å². The number of aromatic nitrogens is 2. The van der Waals surface area contributed by atoms with E-state index in [1.165, 1.54) is 12.1 Å². The summed E-state index contributed by atoms with van der Waals surface area (Å²) in [6.45, 7) is 1.69. The molecule has 9 heteroatoms. The molecule has 0 aliphatic heterocycles. The van der Waals surface area contributed by atoms with Gasteiger partial charge in [-0.3, -0.25) is 9.59 Å². The average Bonchev–Trinajstić information content (AvgIpc) is 2.69. The highest BCUT2D eigenvalue weighted by Crippen LogP contribution is 2.18. The van der Waals surface area contributed by atoms with Crippen LogP contribution in [0.3, 0.4) is 0 Å². The molecule has 0 atom stereocenters. The van der Waals surface area contributed by atoms with Crippen LogP contribution in [0.4, 0.5) is 0 Å². The molecule has 0 saturated carbocycles. The molecule has 1 amide bonds. The minimum atomic E-state index is -3.91. The lowest BCUT2D eigenvalue weighted by molar-refractivity contribution is -0.122. The van der Waals surface area contributed by atoms with Gasteiger partial charge >= 0.3 is 0 Å². The summed E-state index contributed by atoms with van der Waals surface area (Å²) in [5.74, 6) is -0.473. The summed E-state index contributed by atoms with van der Waals surface area (Å²) in [5, 5.41) is 6.83. The van der Waals surface area contributed by atoms with Crippen LogP contribution in [0.1, 0.15) is 11.1 Å². The highest BCUT2D eigenvalue weighted by Gasteiger charge is 2.20. The largest absolute Gasteiger partial charge is 0.350 e. The van der Waals surface area contributed by atoms with Gasteiger partial charge < -0.3 is 5.32 Å². The van der Waals surface area contributed by atoms with Crippen LogP contribution in [0.15, 0.2) is 75.4 Å². The lowest BCUT2D eigenvalue weighted by Gasteiger charge is -2.09. The van der Waals surface area contributed by atoms with Gasteiger partial charge in [0.2, 0.25) is 15.7 Å². The molecule has 0 saturated heterocycles. The minimum absolute atomic E-state index is 0.0630. The minimum Gasteiger partial charge on any atom is -0.350 e. The molecule has 150 valence electrons. The Bertz CT molecular complexity index is 1190. The molecule has 1 heterocycles. The van der Waals surface area contributed by atoms with E-state index in [9.17, 15) is 18.0 Å². The zero-order chi connectivity index (χ0) is 21.0. The molecule has 1 aromatic heterocycles. The fourth-order valence-electron chi connectivity index (χ4n) is 2.52. The van der Waals surface area contributed by atoms with Crippen LogP contribution in [0.2, 0.25) is 5.02 Å². The van der Waals surface area contributed by atoms with Gasteiger partial charge in [0.15, 0.2) is 5.03 Å². The van der Waals surface area contributed by atoms with Crippen LogP contribution in [-0.2, 0) is 27.7 Å². The van der Waals surface area contributed by atoms with E-state index in [4.69, 9.17) is 11.6 Å². The molecule has 3 aromatic rings. The van der Waals surface area contributed by atoms with Gasteiger partial charge in [0.1, 0.15) is 6.54 Å². The number of hydrogen-bond donors (Lipinski definition) is 1. The number of carbonyl (C=O) groups excluding carboxylic acids is 1. The Labute approximate surface area is 172 Å². The molecule has 0 aliphatic rings. The Morgan fingerprint density at radius 1 is 1.03 bits per heavy atom. The third kappa shape index (κ3) is 5.10. The molecule has 0 aliphatic carbocycles. The van der Waals surface area contributed by atoms with Gasteiger partial charge in [-0.25, -0.2) is 13.1 Å². The van der Waals surface area contributed by atoms with Gasteiger partial charge in [0.25, 0.3) is 5.56 Å². The van der Waals surface area contributed by atoms with Gasteiger partial charge in [-0.15, -0.1) is 0 Å². The van der Waals surface area contributed by atoms with Crippen molar-refractivity contribution in [2.24, 2.45) is 0 Å². The van der Waals surface area contributed by atoms with Crippen LogP contribution in [0, 0.1) is 6.92 Å². The standard InChI is InChI=1S/C20H18ClN3O4S/c1-14-2-8-17(9-3-14)29(27,28)19-10-11-20(26)24(23-19)13-18(25)22-12-15-4-6-16(21)7-5-15/h2-11H,12-13H2,1H3,(H,22,25). The van der Waals surface area contributed by atoms with Gasteiger partial charge in [-0.2, -0.15) is 5.10 Å². The summed E-state index contributed by atoms with van der Waals surface area (Å²) in [4.78, 5) is 24.3. The molecule has 0 spiro atoms. The zero-order valence-electron chi connectivity index (χ0n) is 15.5. The lowest BCUT2D eigenvalue weighted by atomic mass is 10.2. The maximum absolute atomic E-state index is 12.7. The number of hydrogen-bond acceptors (Lipinski definition) is 5. The summed E-state index contributed by atoms with van der Waals surface area (Å²) >= 11 is 5.82. The summed E-state index contributed by atoms with van der Waals surface area (Å²) in [7, 11) is -3.91. The maximum atomic E-state index is 12.7. The number of carbonyl (C=O) groups is 1. The first-order chi connectivity index (χ1) is 13.8. The monoisotopic (exact) mass is 431 g/mol. The molecule has 3 rings (SSSR count). The summed E-state index contributed by atoms with van der Waals surface area (Å²) in [6.07, 6.45) is 0. The van der Waals surface area contributed by atoms with Crippen LogP contribution in [-0.4, -0.2) is 24.1 Å². The summed E-state index contributed by atoms with van der Waals surface area (Å²) in [6, 6.07) is 15.5. The van der Waals surface area contributed by atoms with Gasteiger partial charge in [0.05, 0.1) is 4.90 Å². The molecular formula is C20H18ClN3O4S. The fraction of sp³-hybridized carbons (Fsp3) is 0.150. The summed E-state index contributed by atoms with van der Waals surface area (Å²) in [5.41, 5.74) is 1.17. The van der Waals surface area contributed by atoms with E-state index in [-0.39, 0.29) is 16.5 Å². The maximum Gasteiger partial charge on any atom is 0.267 e. The summed E-state index contributed by atoms with van der Waals surface area (Å²) < 4.78 is 26.3. The van der Waals surface area contributed by atoms with Crippen molar-refractivity contribution >= 4 is 27.3 Å². The fourth-order valence-corrected chi connectivity index (χ4v) is 3.83. The van der Waals surface area contributed by atoms with E-state index in [0.717, 1.165) is 27.9 Å². The van der Waals surface area contributed by atoms with E-state index in [1.807, 2.05) is 6.92 Å². The zero-order valence-corrected chi connectivity index (χ0v) is 17.1. The predicted octanol–water partition coefficient (Wildman–Crippen LogP) is 2.35. The van der Waals surface area contributed by atoms with Crippen molar-refractivity contribution in [2.75, 3.05) is 0 Å². The van der Waals surface area contributed by atoms with Crippen molar-refractivity contribution in [1.29, 1.82) is 0 Å². The van der Waals surface area contributed by atoms with Gasteiger partial charge in [-0.1, -0.05) is 41.4 Å². The molecule has 0 bridgehead atoms. The van der Waals surface area contributed by atoms with Gasteiger partial charge in [0, 0.05) is 17.6 Å². The van der Waals surface area contributed by atoms with E-state index >= 15 is 0 Å². The molecule has 0 radical (unpaired) electrons. The second-order valence-electron chi connectivity index (χ2n) is 6.39. The van der Waals surface area contributed by atoms with Crippen LogP contribution < -0.4 is 10.9 Å². The average molecular weight is 432 g/mol. The van der Waals surface area contributed by atoms with Crippen molar-refractivity contribution in [3.8, 4) is 0 Å². The topological polar surface area (TPSA) is 98.1 Å². The van der Waals surface area contributed by atoms with Crippen molar-refractivity contribution in [1.82, 2.24) is 15.1 Å². The Balaban J connectivity index is 1.76. The molecule has 7 nitrogen and oxygen atoms in total. The van der Waals surface area contributed by atoms with Crippen molar-refractivity contribution in [3.63, 3.8) is 0 Å². The highest BCUT2D eigenvalue weighted by molar-refractivity contribution is 7.91. The Morgan fingerprint density at radius 2 is 1.69 bits per heavy atom. The lowest BCUT2D eigenvalue weighted by Crippen LogP contribution is -2.33. The predicted molar refractivity (Wildman–Crippen MR) is 108 cm³/mol. The molecule has 2 aromatic carbocycles. The Morgan fingerprint density at radius 3 is 2.34 bits per heavy atom. The van der Waals surface area contributed by atoms with Crippen molar-refractivity contribution in [2.45, 2.75) is 29.9 Å². The van der Waals surface area contributed by atoms with E-state index in [0.29, 0.717) is 5.02 Å². The smallest absolute Gasteiger partial charge is 0.267 e. The number of benzene rings is 2. The number of aryl methyl sites for hydroxylation is 1. The first-order valence-electron chi connectivity index (χ1n) is 8.67. The first kappa shape index (κ1) is 20.8. The number of nitrogens with one attached hydrogen (secondary N) is 1. The van der Waals surface area contributed by atoms with Crippen LogP contribution >= 0.6 is 11.6 Å². The van der Waals surface area contributed by atoms with Crippen LogP contribution in [0.25, 0.3) is 0 Å². The number of halogens is 1. The molecule has 0 unspecified atom stereocenters. The molecule has 0 fully saturated rings. The molecule has 29 heavy (non-hydrogen) atoms. The SMILES string of the molecule is Cc1ccc(S(=O)(=O)c2ccc(=O)n(CC(=O)NCc3ccc(Cl)cc3)n2)cc1. The number of sulfone groups is 1.